The third-order valence-corrected chi connectivity index (χ3v) is 4.69. The molecule has 1 aromatic heterocycles. The first kappa shape index (κ1) is 20.4. The molecular weight excluding hydrogens is 352 g/mol. The van der Waals surface area contributed by atoms with Gasteiger partial charge in [0.05, 0.1) is 5.75 Å². The van der Waals surface area contributed by atoms with Crippen molar-refractivity contribution in [1.29, 1.82) is 0 Å². The molecule has 0 aromatic carbocycles. The van der Waals surface area contributed by atoms with E-state index < -0.39 is 11.7 Å². The van der Waals surface area contributed by atoms with Crippen LogP contribution in [-0.2, 0) is 9.53 Å². The molecule has 1 N–H and O–H groups in total. The van der Waals surface area contributed by atoms with Gasteiger partial charge in [-0.15, -0.1) is 0 Å². The maximum Gasteiger partial charge on any atom is 0.407 e. The molecule has 2 heterocycles. The minimum Gasteiger partial charge on any atom is -0.444 e. The predicted molar refractivity (Wildman–Crippen MR) is 105 cm³/mol. The van der Waals surface area contributed by atoms with Crippen molar-refractivity contribution < 1.29 is 14.3 Å². The molecule has 1 fully saturated rings. The molecule has 0 radical (unpaired) electrons. The number of ether oxygens (including phenoxy) is 1. The minimum atomic E-state index is -0.495. The van der Waals surface area contributed by atoms with Crippen LogP contribution in [0.15, 0.2) is 24.4 Å². The van der Waals surface area contributed by atoms with Crippen molar-refractivity contribution in [2.45, 2.75) is 26.4 Å². The number of aromatic nitrogens is 1. The van der Waals surface area contributed by atoms with Gasteiger partial charge in [0, 0.05) is 44.7 Å². The summed E-state index contributed by atoms with van der Waals surface area (Å²) < 4.78 is 5.16. The first-order valence-electron chi connectivity index (χ1n) is 8.83. The number of nitrogens with one attached hydrogen (secondary N) is 1. The molecule has 1 aromatic rings. The lowest BCUT2D eigenvalue weighted by atomic mass is 10.2. The van der Waals surface area contributed by atoms with Crippen molar-refractivity contribution in [2.24, 2.45) is 0 Å². The fourth-order valence-electron chi connectivity index (χ4n) is 2.52. The maximum atomic E-state index is 12.3. The van der Waals surface area contributed by atoms with Crippen molar-refractivity contribution in [1.82, 2.24) is 15.2 Å². The van der Waals surface area contributed by atoms with Crippen LogP contribution in [0.4, 0.5) is 10.6 Å². The van der Waals surface area contributed by atoms with Gasteiger partial charge in [0.2, 0.25) is 5.91 Å². The summed E-state index contributed by atoms with van der Waals surface area (Å²) in [6, 6.07) is 5.87. The van der Waals surface area contributed by atoms with Gasteiger partial charge in [-0.3, -0.25) is 4.79 Å². The Labute approximate surface area is 159 Å². The second kappa shape index (κ2) is 9.66. The van der Waals surface area contributed by atoms with E-state index in [-0.39, 0.29) is 5.91 Å². The van der Waals surface area contributed by atoms with E-state index in [1.807, 2.05) is 43.9 Å². The molecule has 0 aliphatic carbocycles. The Morgan fingerprint density at radius 1 is 1.23 bits per heavy atom. The van der Waals surface area contributed by atoms with E-state index in [4.69, 9.17) is 4.74 Å². The van der Waals surface area contributed by atoms with E-state index >= 15 is 0 Å². The highest BCUT2D eigenvalue weighted by Gasteiger charge is 2.21. The molecule has 1 aliphatic heterocycles. The summed E-state index contributed by atoms with van der Waals surface area (Å²) in [5.74, 6) is 2.22. The summed E-state index contributed by atoms with van der Waals surface area (Å²) in [4.78, 5) is 32.3. The van der Waals surface area contributed by atoms with Gasteiger partial charge in [-0.25, -0.2) is 9.78 Å². The van der Waals surface area contributed by atoms with Crippen LogP contribution in [0.25, 0.3) is 0 Å². The van der Waals surface area contributed by atoms with Gasteiger partial charge in [0.1, 0.15) is 11.4 Å². The third kappa shape index (κ3) is 7.11. The lowest BCUT2D eigenvalue weighted by Crippen LogP contribution is -2.49. The Hall–Kier alpha value is -1.96. The van der Waals surface area contributed by atoms with Crippen LogP contribution in [-0.4, -0.2) is 71.7 Å². The summed E-state index contributed by atoms with van der Waals surface area (Å²) in [6.45, 7) is 8.99. The van der Waals surface area contributed by atoms with E-state index in [2.05, 4.69) is 15.2 Å². The molecule has 0 atom stereocenters. The topological polar surface area (TPSA) is 74.8 Å². The monoisotopic (exact) mass is 380 g/mol. The van der Waals surface area contributed by atoms with Gasteiger partial charge >= 0.3 is 6.09 Å². The third-order valence-electron chi connectivity index (χ3n) is 3.75. The molecule has 2 amide bonds. The standard InChI is InChI=1S/C18H28N4O3S/c1-18(2,3)25-17(24)20-8-13-26-14-16(23)22-11-9-21(10-12-22)15-6-4-5-7-19-15/h4-7H,8-14H2,1-3H3,(H,20,24). The quantitative estimate of drug-likeness (QED) is 0.761. The fraction of sp³-hybridized carbons (Fsp3) is 0.611. The van der Waals surface area contributed by atoms with Crippen LogP contribution >= 0.6 is 11.8 Å². The van der Waals surface area contributed by atoms with Crippen molar-refractivity contribution in [3.63, 3.8) is 0 Å². The molecule has 7 nitrogen and oxygen atoms in total. The number of nitrogens with zero attached hydrogens (tertiary/aromatic N) is 3. The average molecular weight is 381 g/mol. The lowest BCUT2D eigenvalue weighted by Gasteiger charge is -2.35. The predicted octanol–water partition coefficient (Wildman–Crippen LogP) is 1.99. The zero-order valence-corrected chi connectivity index (χ0v) is 16.6. The van der Waals surface area contributed by atoms with Gasteiger partial charge < -0.3 is 19.9 Å². The van der Waals surface area contributed by atoms with Gasteiger partial charge in [-0.1, -0.05) is 6.07 Å². The van der Waals surface area contributed by atoms with E-state index in [1.165, 1.54) is 11.8 Å². The molecule has 8 heteroatoms. The van der Waals surface area contributed by atoms with Crippen molar-refractivity contribution in [2.75, 3.05) is 49.1 Å². The van der Waals surface area contributed by atoms with Crippen LogP contribution in [0.5, 0.6) is 0 Å². The fourth-order valence-corrected chi connectivity index (χ4v) is 3.26. The van der Waals surface area contributed by atoms with Crippen LogP contribution in [0.1, 0.15) is 20.8 Å². The number of piperazine rings is 1. The molecule has 144 valence electrons. The molecular formula is C18H28N4O3S. The SMILES string of the molecule is CC(C)(C)OC(=O)NCCSCC(=O)N1CCN(c2ccccn2)CC1. The van der Waals surface area contributed by atoms with Crippen LogP contribution in [0.3, 0.4) is 0 Å². The van der Waals surface area contributed by atoms with E-state index in [9.17, 15) is 9.59 Å². The summed E-state index contributed by atoms with van der Waals surface area (Å²) in [5.41, 5.74) is -0.495. The number of carbonyl (C=O) groups is 2. The molecule has 2 rings (SSSR count). The number of hydrogen-bond acceptors (Lipinski definition) is 6. The summed E-state index contributed by atoms with van der Waals surface area (Å²) >= 11 is 1.52. The Morgan fingerprint density at radius 2 is 1.96 bits per heavy atom. The van der Waals surface area contributed by atoms with E-state index in [0.717, 1.165) is 18.9 Å². The maximum absolute atomic E-state index is 12.3. The Bertz CT molecular complexity index is 584. The molecule has 0 spiro atoms. The smallest absolute Gasteiger partial charge is 0.407 e. The summed E-state index contributed by atoms with van der Waals surface area (Å²) in [6.07, 6.45) is 1.37. The van der Waals surface area contributed by atoms with Crippen LogP contribution < -0.4 is 10.2 Å². The second-order valence-corrected chi connectivity index (χ2v) is 8.14. The molecule has 1 aliphatic rings. The highest BCUT2D eigenvalue weighted by Crippen LogP contribution is 2.13. The van der Waals surface area contributed by atoms with Crippen LogP contribution in [0, 0.1) is 0 Å². The highest BCUT2D eigenvalue weighted by molar-refractivity contribution is 7.99. The number of thioether (sulfide) groups is 1. The molecule has 0 bridgehead atoms. The number of rotatable bonds is 6. The molecule has 0 saturated carbocycles. The van der Waals surface area contributed by atoms with Gasteiger partial charge in [-0.05, 0) is 32.9 Å². The number of alkyl carbamates (subject to hydrolysis) is 1. The number of amides is 2. The summed E-state index contributed by atoms with van der Waals surface area (Å²) in [5, 5.41) is 2.70. The Balaban J connectivity index is 1.59. The molecule has 0 unspecified atom stereocenters. The second-order valence-electron chi connectivity index (χ2n) is 7.04. The normalized spacial score (nSPS) is 14.9. The van der Waals surface area contributed by atoms with Gasteiger partial charge in [0.25, 0.3) is 0 Å². The van der Waals surface area contributed by atoms with E-state index in [0.29, 0.717) is 31.1 Å². The minimum absolute atomic E-state index is 0.146. The average Bonchev–Trinajstić information content (AvgIpc) is 2.60. The lowest BCUT2D eigenvalue weighted by molar-refractivity contribution is -0.128. The highest BCUT2D eigenvalue weighted by atomic mass is 32.2. The number of hydrogen-bond donors (Lipinski definition) is 1. The zero-order valence-electron chi connectivity index (χ0n) is 15.7. The van der Waals surface area contributed by atoms with Gasteiger partial charge in [-0.2, -0.15) is 11.8 Å². The Kier molecular flexibility index (Phi) is 7.56. The first-order valence-corrected chi connectivity index (χ1v) is 9.99. The number of carbonyl (C=O) groups excluding carboxylic acids is 2. The van der Waals surface area contributed by atoms with Crippen molar-refractivity contribution >= 4 is 29.6 Å². The van der Waals surface area contributed by atoms with Crippen LogP contribution in [0.2, 0.25) is 0 Å². The number of pyridine rings is 1. The zero-order chi connectivity index (χ0) is 19.0. The molecule has 1 saturated heterocycles. The van der Waals surface area contributed by atoms with Crippen molar-refractivity contribution in [3.8, 4) is 0 Å². The Morgan fingerprint density at radius 3 is 2.58 bits per heavy atom. The largest absolute Gasteiger partial charge is 0.444 e. The first-order chi connectivity index (χ1) is 12.3. The number of anilines is 1. The molecule has 26 heavy (non-hydrogen) atoms. The van der Waals surface area contributed by atoms with Gasteiger partial charge in [0.15, 0.2) is 0 Å². The van der Waals surface area contributed by atoms with E-state index in [1.54, 1.807) is 6.20 Å². The van der Waals surface area contributed by atoms with Crippen molar-refractivity contribution in [3.05, 3.63) is 24.4 Å². The summed E-state index contributed by atoms with van der Waals surface area (Å²) in [7, 11) is 0.